The van der Waals surface area contributed by atoms with Gasteiger partial charge in [-0.2, -0.15) is 13.2 Å². The van der Waals surface area contributed by atoms with Crippen molar-refractivity contribution in [2.75, 3.05) is 13.2 Å². The molecule has 1 aliphatic heterocycles. The molecule has 0 spiro atoms. The summed E-state index contributed by atoms with van der Waals surface area (Å²) in [5, 5.41) is 3.41. The van der Waals surface area contributed by atoms with Crippen LogP contribution in [0.5, 0.6) is 0 Å². The Balaban J connectivity index is 2.17. The number of hydrogen-bond donors (Lipinski definition) is 1. The Morgan fingerprint density at radius 1 is 1.41 bits per heavy atom. The van der Waals surface area contributed by atoms with Crippen LogP contribution in [0.15, 0.2) is 0 Å². The van der Waals surface area contributed by atoms with Gasteiger partial charge in [-0.25, -0.2) is 0 Å². The molecule has 0 aromatic rings. The summed E-state index contributed by atoms with van der Waals surface area (Å²) in [6.45, 7) is 5.56. The average molecular weight is 253 g/mol. The molecule has 1 fully saturated rings. The molecule has 2 nitrogen and oxygen atoms in total. The monoisotopic (exact) mass is 253 g/mol. The molecule has 3 unspecified atom stereocenters. The molecule has 0 aromatic heterocycles. The third-order valence-corrected chi connectivity index (χ3v) is 3.24. The molecule has 1 N–H and O–H groups in total. The maximum Gasteiger partial charge on any atom is 0.389 e. The lowest BCUT2D eigenvalue weighted by molar-refractivity contribution is -0.135. The normalized spacial score (nSPS) is 28.1. The van der Waals surface area contributed by atoms with Crippen molar-refractivity contribution in [3.63, 3.8) is 0 Å². The van der Waals surface area contributed by atoms with Gasteiger partial charge in [0.1, 0.15) is 0 Å². The van der Waals surface area contributed by atoms with E-state index < -0.39 is 12.6 Å². The molecule has 0 aromatic carbocycles. The van der Waals surface area contributed by atoms with Crippen molar-refractivity contribution in [3.05, 3.63) is 0 Å². The fourth-order valence-electron chi connectivity index (χ4n) is 2.19. The van der Waals surface area contributed by atoms with Crippen LogP contribution in [0.2, 0.25) is 0 Å². The van der Waals surface area contributed by atoms with Crippen LogP contribution in [0.4, 0.5) is 13.2 Å². The molecular weight excluding hydrogens is 231 g/mol. The van der Waals surface area contributed by atoms with Crippen LogP contribution >= 0.6 is 0 Å². The zero-order valence-corrected chi connectivity index (χ0v) is 10.5. The lowest BCUT2D eigenvalue weighted by Crippen LogP contribution is -2.45. The zero-order chi connectivity index (χ0) is 12.9. The van der Waals surface area contributed by atoms with Crippen molar-refractivity contribution in [2.45, 2.75) is 57.8 Å². The van der Waals surface area contributed by atoms with E-state index in [0.29, 0.717) is 18.4 Å². The topological polar surface area (TPSA) is 21.3 Å². The molecule has 1 rings (SSSR count). The van der Waals surface area contributed by atoms with E-state index in [1.807, 2.05) is 6.92 Å². The number of ether oxygens (including phenoxy) is 1. The maximum absolute atomic E-state index is 12.0. The largest absolute Gasteiger partial charge is 0.389 e. The van der Waals surface area contributed by atoms with Gasteiger partial charge in [0.25, 0.3) is 0 Å². The average Bonchev–Trinajstić information content (AvgIpc) is 2.19. The quantitative estimate of drug-likeness (QED) is 0.812. The summed E-state index contributed by atoms with van der Waals surface area (Å²) in [4.78, 5) is 0. The summed E-state index contributed by atoms with van der Waals surface area (Å²) < 4.78 is 41.3. The summed E-state index contributed by atoms with van der Waals surface area (Å²) in [7, 11) is 0. The first-order chi connectivity index (χ1) is 7.88. The predicted molar refractivity (Wildman–Crippen MR) is 60.9 cm³/mol. The van der Waals surface area contributed by atoms with Gasteiger partial charge < -0.3 is 10.1 Å². The highest BCUT2D eigenvalue weighted by Gasteiger charge is 2.27. The van der Waals surface area contributed by atoms with E-state index in [2.05, 4.69) is 12.2 Å². The van der Waals surface area contributed by atoms with Crippen molar-refractivity contribution in [3.8, 4) is 0 Å². The van der Waals surface area contributed by atoms with E-state index in [1.165, 1.54) is 0 Å². The zero-order valence-electron chi connectivity index (χ0n) is 10.5. The Morgan fingerprint density at radius 3 is 2.71 bits per heavy atom. The second-order valence-corrected chi connectivity index (χ2v) is 5.02. The molecular formula is C12H22F3NO. The molecule has 5 heteroatoms. The minimum atomic E-state index is -4.02. The van der Waals surface area contributed by atoms with Gasteiger partial charge in [-0.15, -0.1) is 0 Å². The van der Waals surface area contributed by atoms with E-state index in [0.717, 1.165) is 19.6 Å². The van der Waals surface area contributed by atoms with Crippen LogP contribution < -0.4 is 5.32 Å². The summed E-state index contributed by atoms with van der Waals surface area (Å²) in [6, 6.07) is 0.521. The molecule has 0 saturated carbocycles. The molecule has 1 saturated heterocycles. The first kappa shape index (κ1) is 14.8. The summed E-state index contributed by atoms with van der Waals surface area (Å²) >= 11 is 0. The van der Waals surface area contributed by atoms with Gasteiger partial charge in [0.15, 0.2) is 0 Å². The van der Waals surface area contributed by atoms with Gasteiger partial charge in [-0.1, -0.05) is 6.92 Å². The summed E-state index contributed by atoms with van der Waals surface area (Å²) in [5.41, 5.74) is 0. The van der Waals surface area contributed by atoms with Crippen molar-refractivity contribution in [2.24, 2.45) is 5.92 Å². The lowest BCUT2D eigenvalue weighted by Gasteiger charge is -2.32. The highest BCUT2D eigenvalue weighted by Crippen LogP contribution is 2.23. The van der Waals surface area contributed by atoms with Crippen LogP contribution in [0, 0.1) is 5.92 Å². The first-order valence-electron chi connectivity index (χ1n) is 6.29. The van der Waals surface area contributed by atoms with E-state index in [9.17, 15) is 13.2 Å². The van der Waals surface area contributed by atoms with Gasteiger partial charge >= 0.3 is 6.18 Å². The third-order valence-electron chi connectivity index (χ3n) is 3.24. The molecule has 0 bridgehead atoms. The number of nitrogens with one attached hydrogen (secondary N) is 1. The van der Waals surface area contributed by atoms with Gasteiger partial charge in [-0.3, -0.25) is 0 Å². The number of rotatable bonds is 5. The molecule has 0 aliphatic carbocycles. The second-order valence-electron chi connectivity index (χ2n) is 5.02. The van der Waals surface area contributed by atoms with E-state index in [4.69, 9.17) is 4.74 Å². The third kappa shape index (κ3) is 6.27. The van der Waals surface area contributed by atoms with Gasteiger partial charge in [0.2, 0.25) is 0 Å². The lowest BCUT2D eigenvalue weighted by atomic mass is 9.96. The first-order valence-corrected chi connectivity index (χ1v) is 6.29. The Hall–Kier alpha value is -0.290. The Morgan fingerprint density at radius 2 is 2.12 bits per heavy atom. The van der Waals surface area contributed by atoms with Crippen molar-refractivity contribution >= 4 is 0 Å². The maximum atomic E-state index is 12.0. The van der Waals surface area contributed by atoms with Crippen LogP contribution in [0.3, 0.4) is 0 Å². The molecule has 0 radical (unpaired) electrons. The van der Waals surface area contributed by atoms with Crippen LogP contribution in [-0.2, 0) is 4.74 Å². The molecule has 1 aliphatic rings. The smallest absolute Gasteiger partial charge is 0.381 e. The van der Waals surface area contributed by atoms with Crippen LogP contribution in [-0.4, -0.2) is 31.5 Å². The standard InChI is InChI=1S/C12H22F3NO/c1-9-8-17-7-5-11(9)16-10(2)4-3-6-12(13,14)15/h9-11,16H,3-8H2,1-2H3. The van der Waals surface area contributed by atoms with Crippen LogP contribution in [0.25, 0.3) is 0 Å². The number of halogens is 3. The fraction of sp³-hybridized carbons (Fsp3) is 1.00. The highest BCUT2D eigenvalue weighted by molar-refractivity contribution is 4.79. The summed E-state index contributed by atoms with van der Waals surface area (Å²) in [5.74, 6) is 0.439. The predicted octanol–water partition coefficient (Wildman–Crippen LogP) is 3.12. The molecule has 1 heterocycles. The highest BCUT2D eigenvalue weighted by atomic mass is 19.4. The minimum Gasteiger partial charge on any atom is -0.381 e. The molecule has 102 valence electrons. The second kappa shape index (κ2) is 6.59. The molecule has 17 heavy (non-hydrogen) atoms. The van der Waals surface area contributed by atoms with Gasteiger partial charge in [0.05, 0.1) is 6.61 Å². The van der Waals surface area contributed by atoms with Crippen LogP contribution in [0.1, 0.15) is 39.5 Å². The van der Waals surface area contributed by atoms with E-state index >= 15 is 0 Å². The van der Waals surface area contributed by atoms with Gasteiger partial charge in [0, 0.05) is 25.1 Å². The van der Waals surface area contributed by atoms with E-state index in [1.54, 1.807) is 0 Å². The molecule has 0 amide bonds. The Bertz CT molecular complexity index is 220. The Labute approximate surface area is 101 Å². The summed E-state index contributed by atoms with van der Waals surface area (Å²) in [6.07, 6.45) is -2.97. The fourth-order valence-corrected chi connectivity index (χ4v) is 2.19. The minimum absolute atomic E-state index is 0.142. The van der Waals surface area contributed by atoms with Gasteiger partial charge in [-0.05, 0) is 32.1 Å². The SMILES string of the molecule is CC(CCCC(F)(F)F)NC1CCOCC1C. The van der Waals surface area contributed by atoms with Crippen molar-refractivity contribution in [1.82, 2.24) is 5.32 Å². The van der Waals surface area contributed by atoms with E-state index in [-0.39, 0.29) is 12.5 Å². The van der Waals surface area contributed by atoms with Crippen molar-refractivity contribution in [1.29, 1.82) is 0 Å². The number of alkyl halides is 3. The Kier molecular flexibility index (Phi) is 5.73. The molecule has 3 atom stereocenters. The number of hydrogen-bond acceptors (Lipinski definition) is 2. The van der Waals surface area contributed by atoms with Crippen molar-refractivity contribution < 1.29 is 17.9 Å².